The van der Waals surface area contributed by atoms with E-state index in [0.29, 0.717) is 0 Å². The molecule has 0 aromatic rings. The van der Waals surface area contributed by atoms with E-state index in [9.17, 15) is 9.59 Å². The highest BCUT2D eigenvalue weighted by Crippen LogP contribution is 2.36. The predicted octanol–water partition coefficient (Wildman–Crippen LogP) is 2.56. The number of carboxylic acid groups (broad SMARTS) is 1. The van der Waals surface area contributed by atoms with Crippen LogP contribution in [0.3, 0.4) is 0 Å². The smallest absolute Gasteiger partial charge is 0.320 e. The molecule has 0 radical (unpaired) electrons. The number of rotatable bonds is 4. The normalized spacial score (nSPS) is 18.2. The van der Waals surface area contributed by atoms with E-state index in [2.05, 4.69) is 0 Å². The average molecular weight is 270 g/mol. The van der Waals surface area contributed by atoms with Crippen molar-refractivity contribution in [1.82, 2.24) is 9.80 Å². The molecule has 0 aromatic heterocycles. The molecule has 1 aliphatic carbocycles. The molecule has 110 valence electrons. The van der Waals surface area contributed by atoms with Crippen LogP contribution in [0.2, 0.25) is 0 Å². The molecule has 0 aromatic carbocycles. The van der Waals surface area contributed by atoms with Crippen molar-refractivity contribution in [1.29, 1.82) is 0 Å². The number of urea groups is 1. The molecule has 0 spiro atoms. The van der Waals surface area contributed by atoms with Crippen LogP contribution >= 0.6 is 0 Å². The van der Waals surface area contributed by atoms with Gasteiger partial charge in [0.15, 0.2) is 0 Å². The van der Waals surface area contributed by atoms with Crippen molar-refractivity contribution in [2.75, 3.05) is 14.1 Å². The highest BCUT2D eigenvalue weighted by molar-refractivity contribution is 5.77. The Labute approximate surface area is 115 Å². The van der Waals surface area contributed by atoms with E-state index in [1.165, 1.54) is 0 Å². The Morgan fingerprint density at radius 1 is 1.16 bits per heavy atom. The van der Waals surface area contributed by atoms with Gasteiger partial charge in [-0.3, -0.25) is 4.79 Å². The summed E-state index contributed by atoms with van der Waals surface area (Å²) in [6.45, 7) is 3.91. The molecule has 1 rings (SSSR count). The van der Waals surface area contributed by atoms with E-state index in [-0.39, 0.29) is 18.5 Å². The molecule has 0 atom stereocenters. The van der Waals surface area contributed by atoms with Gasteiger partial charge in [0.1, 0.15) is 0 Å². The van der Waals surface area contributed by atoms with Crippen LogP contribution in [-0.2, 0) is 4.79 Å². The summed E-state index contributed by atoms with van der Waals surface area (Å²) in [7, 11) is 3.51. The van der Waals surface area contributed by atoms with Crippen molar-refractivity contribution >= 4 is 12.0 Å². The summed E-state index contributed by atoms with van der Waals surface area (Å²) in [6.07, 6.45) is 4.73. The number of amides is 2. The molecule has 2 amide bonds. The quantitative estimate of drug-likeness (QED) is 0.854. The van der Waals surface area contributed by atoms with Crippen LogP contribution in [0.5, 0.6) is 0 Å². The van der Waals surface area contributed by atoms with Gasteiger partial charge in [-0.15, -0.1) is 0 Å². The lowest BCUT2D eigenvalue weighted by Gasteiger charge is -2.45. The van der Waals surface area contributed by atoms with Crippen LogP contribution in [0.4, 0.5) is 4.79 Å². The van der Waals surface area contributed by atoms with Crippen molar-refractivity contribution in [2.45, 2.75) is 64.0 Å². The molecule has 0 bridgehead atoms. The van der Waals surface area contributed by atoms with E-state index in [1.54, 1.807) is 23.9 Å². The molecule has 5 heteroatoms. The summed E-state index contributed by atoms with van der Waals surface area (Å²) in [5, 5.41) is 9.16. The number of nitrogens with zero attached hydrogens (tertiary/aromatic N) is 2. The molecule has 1 aliphatic rings. The predicted molar refractivity (Wildman–Crippen MR) is 74.1 cm³/mol. The van der Waals surface area contributed by atoms with E-state index < -0.39 is 11.5 Å². The van der Waals surface area contributed by atoms with Gasteiger partial charge >= 0.3 is 12.0 Å². The monoisotopic (exact) mass is 270 g/mol. The fraction of sp³-hybridized carbons (Fsp3) is 0.857. The van der Waals surface area contributed by atoms with Gasteiger partial charge in [-0.2, -0.15) is 0 Å². The van der Waals surface area contributed by atoms with Crippen LogP contribution in [0.1, 0.15) is 52.4 Å². The lowest BCUT2D eigenvalue weighted by Crippen LogP contribution is -2.56. The first-order valence-corrected chi connectivity index (χ1v) is 7.02. The van der Waals surface area contributed by atoms with Gasteiger partial charge in [0.05, 0.1) is 12.0 Å². The summed E-state index contributed by atoms with van der Waals surface area (Å²) in [4.78, 5) is 26.9. The third kappa shape index (κ3) is 3.61. The standard InChI is InChI=1S/C14H26N2O3/c1-11(2)15(3)13(19)16(4)14(10-12(17)18)8-6-5-7-9-14/h11H,5-10H2,1-4H3,(H,17,18). The first-order chi connectivity index (χ1) is 8.80. The van der Waals surface area contributed by atoms with E-state index in [1.807, 2.05) is 13.8 Å². The number of carboxylic acids is 1. The minimum atomic E-state index is -0.825. The second-order valence-electron chi connectivity index (χ2n) is 5.90. The molecule has 0 unspecified atom stereocenters. The lowest BCUT2D eigenvalue weighted by molar-refractivity contribution is -0.140. The van der Waals surface area contributed by atoms with E-state index in [0.717, 1.165) is 32.1 Å². The van der Waals surface area contributed by atoms with Crippen molar-refractivity contribution in [3.05, 3.63) is 0 Å². The number of carbonyl (C=O) groups excluding carboxylic acids is 1. The maximum absolute atomic E-state index is 12.4. The van der Waals surface area contributed by atoms with Gasteiger partial charge in [-0.05, 0) is 26.7 Å². The Morgan fingerprint density at radius 3 is 2.11 bits per heavy atom. The van der Waals surface area contributed by atoms with Crippen LogP contribution in [0, 0.1) is 0 Å². The van der Waals surface area contributed by atoms with Crippen molar-refractivity contribution in [2.24, 2.45) is 0 Å². The summed E-state index contributed by atoms with van der Waals surface area (Å²) in [6, 6.07) is 0.0265. The Kier molecular flexibility index (Phi) is 5.20. The average Bonchev–Trinajstić information content (AvgIpc) is 2.36. The van der Waals surface area contributed by atoms with E-state index in [4.69, 9.17) is 5.11 Å². The third-order valence-electron chi connectivity index (χ3n) is 4.34. The minimum Gasteiger partial charge on any atom is -0.481 e. The zero-order chi connectivity index (χ0) is 14.6. The minimum absolute atomic E-state index is 0.0428. The Bertz CT molecular complexity index is 336. The fourth-order valence-electron chi connectivity index (χ4n) is 2.78. The van der Waals surface area contributed by atoms with E-state index >= 15 is 0 Å². The van der Waals surface area contributed by atoms with Crippen molar-refractivity contribution in [3.63, 3.8) is 0 Å². The second-order valence-corrected chi connectivity index (χ2v) is 5.90. The summed E-state index contributed by atoms with van der Waals surface area (Å²) < 4.78 is 0. The molecule has 0 saturated heterocycles. The molecule has 1 saturated carbocycles. The highest BCUT2D eigenvalue weighted by Gasteiger charge is 2.41. The van der Waals surface area contributed by atoms with Crippen LogP contribution in [0.15, 0.2) is 0 Å². The number of hydrogen-bond acceptors (Lipinski definition) is 2. The zero-order valence-corrected chi connectivity index (χ0v) is 12.5. The summed E-state index contributed by atoms with van der Waals surface area (Å²) in [5.41, 5.74) is -0.510. The Hall–Kier alpha value is -1.26. The maximum atomic E-state index is 12.4. The van der Waals surface area contributed by atoms with Gasteiger partial charge in [-0.1, -0.05) is 19.3 Å². The first kappa shape index (κ1) is 15.8. The summed E-state index contributed by atoms with van der Waals surface area (Å²) in [5.74, 6) is -0.825. The molecule has 0 heterocycles. The van der Waals surface area contributed by atoms with Gasteiger partial charge in [0.2, 0.25) is 0 Å². The topological polar surface area (TPSA) is 60.9 Å². The molecular weight excluding hydrogens is 244 g/mol. The van der Waals surface area contributed by atoms with Gasteiger partial charge in [0, 0.05) is 20.1 Å². The zero-order valence-electron chi connectivity index (χ0n) is 12.5. The highest BCUT2D eigenvalue weighted by atomic mass is 16.4. The number of carbonyl (C=O) groups is 2. The fourth-order valence-corrected chi connectivity index (χ4v) is 2.78. The van der Waals surface area contributed by atoms with Gasteiger partial charge < -0.3 is 14.9 Å². The lowest BCUT2D eigenvalue weighted by atomic mass is 9.78. The van der Waals surface area contributed by atoms with Crippen molar-refractivity contribution in [3.8, 4) is 0 Å². The molecule has 1 N–H and O–H groups in total. The van der Waals surface area contributed by atoms with Crippen LogP contribution in [-0.4, -0.2) is 52.6 Å². The van der Waals surface area contributed by atoms with Crippen molar-refractivity contribution < 1.29 is 14.7 Å². The molecule has 5 nitrogen and oxygen atoms in total. The Balaban J connectivity index is 2.90. The third-order valence-corrected chi connectivity index (χ3v) is 4.34. The van der Waals surface area contributed by atoms with Gasteiger partial charge in [-0.25, -0.2) is 4.79 Å². The first-order valence-electron chi connectivity index (χ1n) is 7.02. The van der Waals surface area contributed by atoms with Crippen LogP contribution < -0.4 is 0 Å². The second kappa shape index (κ2) is 6.26. The van der Waals surface area contributed by atoms with Crippen LogP contribution in [0.25, 0.3) is 0 Å². The molecule has 0 aliphatic heterocycles. The largest absolute Gasteiger partial charge is 0.481 e. The number of aliphatic carboxylic acids is 1. The maximum Gasteiger partial charge on any atom is 0.320 e. The Morgan fingerprint density at radius 2 is 1.68 bits per heavy atom. The molecule has 19 heavy (non-hydrogen) atoms. The molecule has 1 fully saturated rings. The summed E-state index contributed by atoms with van der Waals surface area (Å²) >= 11 is 0. The molecular formula is C14H26N2O3. The SMILES string of the molecule is CC(C)N(C)C(=O)N(C)C1(CC(=O)O)CCCCC1. The number of hydrogen-bond donors (Lipinski definition) is 1. The van der Waals surface area contributed by atoms with Gasteiger partial charge in [0.25, 0.3) is 0 Å².